The lowest BCUT2D eigenvalue weighted by Crippen LogP contribution is -2.09. The molecule has 0 spiro atoms. The van der Waals surface area contributed by atoms with Crippen LogP contribution >= 0.6 is 0 Å². The van der Waals surface area contributed by atoms with Crippen LogP contribution < -0.4 is 10.1 Å². The summed E-state index contributed by atoms with van der Waals surface area (Å²) in [4.78, 5) is 0. The van der Waals surface area contributed by atoms with Gasteiger partial charge in [0.2, 0.25) is 0 Å². The summed E-state index contributed by atoms with van der Waals surface area (Å²) in [6.45, 7) is 8.56. The fraction of sp³-hybridized carbons (Fsp3) is 0.333. The van der Waals surface area contributed by atoms with Crippen LogP contribution in [0.4, 0.5) is 5.69 Å². The fourth-order valence-corrected chi connectivity index (χ4v) is 2.41. The first-order valence-corrected chi connectivity index (χ1v) is 7.00. The molecule has 0 aliphatic rings. The van der Waals surface area contributed by atoms with Gasteiger partial charge in [-0.05, 0) is 51.0 Å². The van der Waals surface area contributed by atoms with Gasteiger partial charge in [-0.15, -0.1) is 0 Å². The van der Waals surface area contributed by atoms with Gasteiger partial charge < -0.3 is 10.1 Å². The van der Waals surface area contributed by atoms with Crippen LogP contribution in [0.25, 0.3) is 0 Å². The van der Waals surface area contributed by atoms with Crippen molar-refractivity contribution in [2.75, 3.05) is 12.4 Å². The van der Waals surface area contributed by atoms with Crippen molar-refractivity contribution in [1.82, 2.24) is 0 Å². The molecule has 2 nitrogen and oxygen atoms in total. The Balaban J connectivity index is 2.30. The Kier molecular flexibility index (Phi) is 4.33. The van der Waals surface area contributed by atoms with E-state index in [1.54, 1.807) is 7.11 Å². The van der Waals surface area contributed by atoms with Gasteiger partial charge in [0, 0.05) is 11.3 Å². The van der Waals surface area contributed by atoms with Gasteiger partial charge in [0.25, 0.3) is 0 Å². The molecule has 1 atom stereocenters. The van der Waals surface area contributed by atoms with Crippen LogP contribution in [0.1, 0.15) is 35.2 Å². The number of aryl methyl sites for hydroxylation is 2. The maximum absolute atomic E-state index is 5.47. The molecule has 0 aliphatic carbocycles. The first-order chi connectivity index (χ1) is 9.52. The van der Waals surface area contributed by atoms with E-state index in [9.17, 15) is 0 Å². The fourth-order valence-electron chi connectivity index (χ4n) is 2.41. The molecule has 2 heteroatoms. The highest BCUT2D eigenvalue weighted by Crippen LogP contribution is 2.30. The van der Waals surface area contributed by atoms with Gasteiger partial charge in [0.15, 0.2) is 0 Å². The van der Waals surface area contributed by atoms with Crippen molar-refractivity contribution in [2.45, 2.75) is 33.7 Å². The largest absolute Gasteiger partial charge is 0.496 e. The molecule has 2 aromatic rings. The van der Waals surface area contributed by atoms with E-state index in [4.69, 9.17) is 4.74 Å². The molecule has 106 valence electrons. The average molecular weight is 269 g/mol. The molecule has 1 N–H and O–H groups in total. The van der Waals surface area contributed by atoms with E-state index in [0.717, 1.165) is 5.75 Å². The Bertz CT molecular complexity index is 604. The monoisotopic (exact) mass is 269 g/mol. The van der Waals surface area contributed by atoms with Crippen LogP contribution in [0, 0.1) is 20.8 Å². The van der Waals surface area contributed by atoms with E-state index in [1.807, 2.05) is 6.07 Å². The maximum atomic E-state index is 5.47. The lowest BCUT2D eigenvalue weighted by Gasteiger charge is -2.21. The van der Waals surface area contributed by atoms with Crippen LogP contribution in [0.2, 0.25) is 0 Å². The second-order valence-corrected chi connectivity index (χ2v) is 5.36. The molecule has 0 amide bonds. The Morgan fingerprint density at radius 2 is 1.80 bits per heavy atom. The Labute approximate surface area is 121 Å². The molecule has 1 unspecified atom stereocenters. The van der Waals surface area contributed by atoms with Crippen molar-refractivity contribution < 1.29 is 4.74 Å². The van der Waals surface area contributed by atoms with Crippen LogP contribution in [0.5, 0.6) is 5.75 Å². The zero-order valence-corrected chi connectivity index (χ0v) is 12.9. The summed E-state index contributed by atoms with van der Waals surface area (Å²) >= 11 is 0. The van der Waals surface area contributed by atoms with Gasteiger partial charge >= 0.3 is 0 Å². The number of nitrogens with one attached hydrogen (secondary N) is 1. The summed E-state index contributed by atoms with van der Waals surface area (Å²) in [7, 11) is 1.72. The Hall–Kier alpha value is -1.96. The van der Waals surface area contributed by atoms with E-state index >= 15 is 0 Å². The van der Waals surface area contributed by atoms with Crippen molar-refractivity contribution in [3.8, 4) is 5.75 Å². The molecule has 0 heterocycles. The predicted octanol–water partition coefficient (Wildman–Crippen LogP) is 4.79. The minimum absolute atomic E-state index is 0.199. The molecular weight excluding hydrogens is 246 g/mol. The number of rotatable bonds is 4. The van der Waals surface area contributed by atoms with Gasteiger partial charge in [-0.2, -0.15) is 0 Å². The van der Waals surface area contributed by atoms with E-state index in [-0.39, 0.29) is 6.04 Å². The van der Waals surface area contributed by atoms with Crippen LogP contribution in [0.15, 0.2) is 36.4 Å². The molecule has 0 bridgehead atoms. The van der Waals surface area contributed by atoms with Gasteiger partial charge in [0.1, 0.15) is 5.75 Å². The molecule has 0 aromatic heterocycles. The van der Waals surface area contributed by atoms with E-state index in [0.29, 0.717) is 0 Å². The highest BCUT2D eigenvalue weighted by Gasteiger charge is 2.12. The lowest BCUT2D eigenvalue weighted by atomic mass is 10.0. The third-order valence-electron chi connectivity index (χ3n) is 3.83. The van der Waals surface area contributed by atoms with Gasteiger partial charge in [0.05, 0.1) is 13.2 Å². The highest BCUT2D eigenvalue weighted by molar-refractivity contribution is 5.56. The minimum atomic E-state index is 0.199. The number of hydrogen-bond acceptors (Lipinski definition) is 2. The standard InChI is InChI=1S/C18H23NO/c1-12-9-10-18(20-5)16(11-12)15(4)19-17-8-6-7-13(2)14(17)3/h6-11,15,19H,1-5H3. The summed E-state index contributed by atoms with van der Waals surface area (Å²) in [5.74, 6) is 0.931. The van der Waals surface area contributed by atoms with Gasteiger partial charge in [-0.1, -0.05) is 29.8 Å². The van der Waals surface area contributed by atoms with Crippen molar-refractivity contribution in [3.05, 3.63) is 58.7 Å². The molecular formula is C18H23NO. The third kappa shape index (κ3) is 2.96. The molecule has 0 radical (unpaired) electrons. The summed E-state index contributed by atoms with van der Waals surface area (Å²) < 4.78 is 5.47. The molecule has 0 saturated heterocycles. The zero-order chi connectivity index (χ0) is 14.7. The topological polar surface area (TPSA) is 21.3 Å². The molecule has 2 rings (SSSR count). The summed E-state index contributed by atoms with van der Waals surface area (Å²) in [6.07, 6.45) is 0. The molecule has 20 heavy (non-hydrogen) atoms. The first kappa shape index (κ1) is 14.4. The maximum Gasteiger partial charge on any atom is 0.124 e. The van der Waals surface area contributed by atoms with Crippen LogP contribution in [-0.4, -0.2) is 7.11 Å². The normalized spacial score (nSPS) is 12.1. The number of benzene rings is 2. The number of methoxy groups -OCH3 is 1. The Morgan fingerprint density at radius 3 is 2.50 bits per heavy atom. The smallest absolute Gasteiger partial charge is 0.124 e. The summed E-state index contributed by atoms with van der Waals surface area (Å²) in [6, 6.07) is 12.8. The molecule has 0 aliphatic heterocycles. The zero-order valence-electron chi connectivity index (χ0n) is 12.9. The molecule has 2 aromatic carbocycles. The molecule has 0 saturated carbocycles. The second-order valence-electron chi connectivity index (χ2n) is 5.36. The Morgan fingerprint density at radius 1 is 1.05 bits per heavy atom. The second kappa shape index (κ2) is 6.00. The highest BCUT2D eigenvalue weighted by atomic mass is 16.5. The van der Waals surface area contributed by atoms with E-state index in [1.165, 1.54) is 27.9 Å². The number of ether oxygens (including phenoxy) is 1. The SMILES string of the molecule is COc1ccc(C)cc1C(C)Nc1cccc(C)c1C. The summed E-state index contributed by atoms with van der Waals surface area (Å²) in [5.41, 5.74) is 6.22. The number of hydrogen-bond donors (Lipinski definition) is 1. The van der Waals surface area contributed by atoms with Crippen molar-refractivity contribution in [2.24, 2.45) is 0 Å². The average Bonchev–Trinajstić information content (AvgIpc) is 2.43. The minimum Gasteiger partial charge on any atom is -0.496 e. The van der Waals surface area contributed by atoms with Gasteiger partial charge in [-0.3, -0.25) is 0 Å². The van der Waals surface area contributed by atoms with Crippen molar-refractivity contribution in [3.63, 3.8) is 0 Å². The quantitative estimate of drug-likeness (QED) is 0.861. The molecule has 0 fully saturated rings. The third-order valence-corrected chi connectivity index (χ3v) is 3.83. The predicted molar refractivity (Wildman–Crippen MR) is 85.7 cm³/mol. The van der Waals surface area contributed by atoms with Crippen LogP contribution in [-0.2, 0) is 0 Å². The van der Waals surface area contributed by atoms with Crippen molar-refractivity contribution in [1.29, 1.82) is 0 Å². The van der Waals surface area contributed by atoms with E-state index in [2.05, 4.69) is 63.3 Å². The summed E-state index contributed by atoms with van der Waals surface area (Å²) in [5, 5.41) is 3.59. The van der Waals surface area contributed by atoms with Gasteiger partial charge in [-0.25, -0.2) is 0 Å². The van der Waals surface area contributed by atoms with Crippen molar-refractivity contribution >= 4 is 5.69 Å². The van der Waals surface area contributed by atoms with Crippen LogP contribution in [0.3, 0.4) is 0 Å². The first-order valence-electron chi connectivity index (χ1n) is 7.00. The van der Waals surface area contributed by atoms with E-state index < -0.39 is 0 Å². The number of anilines is 1. The lowest BCUT2D eigenvalue weighted by molar-refractivity contribution is 0.408.